The highest BCUT2D eigenvalue weighted by atomic mass is 35.5. The van der Waals surface area contributed by atoms with Crippen molar-refractivity contribution in [2.45, 2.75) is 103 Å². The van der Waals surface area contributed by atoms with Gasteiger partial charge in [0.1, 0.15) is 47.3 Å². The predicted octanol–water partition coefficient (Wildman–Crippen LogP) is 7.12. The van der Waals surface area contributed by atoms with Crippen molar-refractivity contribution in [3.05, 3.63) is 42.1 Å². The molecule has 0 spiro atoms. The van der Waals surface area contributed by atoms with E-state index < -0.39 is 40.8 Å². The molecule has 1 amide bonds. The van der Waals surface area contributed by atoms with E-state index in [4.69, 9.17) is 39.9 Å². The number of nitrogens with one attached hydrogen (secondary N) is 1. The topological polar surface area (TPSA) is 180 Å². The number of aliphatic carboxylic acids is 1. The number of carboxylic acid groups (broad SMARTS) is 1. The van der Waals surface area contributed by atoms with E-state index in [1.807, 2.05) is 20.8 Å². The van der Waals surface area contributed by atoms with Gasteiger partial charge in [0.15, 0.2) is 5.78 Å². The molecular weight excluding hydrogens is 780 g/mol. The van der Waals surface area contributed by atoms with Crippen molar-refractivity contribution < 1.29 is 47.6 Å². The van der Waals surface area contributed by atoms with Gasteiger partial charge < -0.3 is 38.7 Å². The minimum absolute atomic E-state index is 0.0122. The van der Waals surface area contributed by atoms with Crippen LogP contribution in [0.25, 0.3) is 22.3 Å². The lowest BCUT2D eigenvalue weighted by atomic mass is 9.77. The second-order valence-corrected chi connectivity index (χ2v) is 18.5. The first kappa shape index (κ1) is 41.1. The van der Waals surface area contributed by atoms with Crippen LogP contribution in [0.1, 0.15) is 78.6 Å². The number of nitrogens with zero attached hydrogens (tertiary/aromatic N) is 3. The Balaban J connectivity index is 1.10. The number of hydrogen-bond acceptors (Lipinski definition) is 12. The highest BCUT2D eigenvalue weighted by molar-refractivity contribution is 6.36. The van der Waals surface area contributed by atoms with Crippen LogP contribution in [0, 0.1) is 34.5 Å². The van der Waals surface area contributed by atoms with Crippen LogP contribution in [-0.2, 0) is 28.7 Å². The molecule has 2 N–H and O–H groups in total. The summed E-state index contributed by atoms with van der Waals surface area (Å²) in [7, 11) is 1.58. The molecule has 5 aliphatic rings. The zero-order valence-electron chi connectivity index (χ0n) is 34.0. The van der Waals surface area contributed by atoms with Gasteiger partial charge in [-0.15, -0.1) is 6.58 Å². The van der Waals surface area contributed by atoms with E-state index in [9.17, 15) is 24.3 Å². The molecule has 1 saturated heterocycles. The summed E-state index contributed by atoms with van der Waals surface area (Å²) in [6.07, 6.45) is 7.18. The fourth-order valence-corrected chi connectivity index (χ4v) is 9.23. The molecular formula is C44H53ClN4O10. The first-order valence-corrected chi connectivity index (χ1v) is 21.1. The van der Waals surface area contributed by atoms with E-state index in [1.165, 1.54) is 17.6 Å². The standard InChI is InChI=1S/C44H53ClN4O10/c1-6-25-19-44(25,41(53)54)20-34(50)33-16-28(21-49(33)40(52)30(43(2,3)4)17-37(51)59-27-14-23-13-24(23)15-27)58-36-18-31(32-22-57-42(48-32)46-26-7-8-26)47-39-29(36)9-10-35(38(39)45)56-12-11-55-5/h6,9-10,18,22-28,30,33H,1,7-8,11-17,19-21H2,2-5H3,(H,46,48)(H,53,54)/t23-,24+,25-,27?,28-,30?,33+,44-/m1/s1. The number of oxazole rings is 1. The number of rotatable bonds is 18. The lowest BCUT2D eigenvalue weighted by molar-refractivity contribution is -0.157. The summed E-state index contributed by atoms with van der Waals surface area (Å²) in [5.41, 5.74) is -0.720. The number of ketones is 1. The average Bonchev–Trinajstić information content (AvgIpc) is 4.14. The number of methoxy groups -OCH3 is 1. The molecule has 0 radical (unpaired) electrons. The Kier molecular flexibility index (Phi) is 11.2. The van der Waals surface area contributed by atoms with Crippen molar-refractivity contribution >= 4 is 52.1 Å². The average molecular weight is 833 g/mol. The van der Waals surface area contributed by atoms with E-state index in [-0.39, 0.29) is 61.1 Å². The SMILES string of the molecule is C=C[C@@H]1C[C@]1(CC(=O)[C@@H]1C[C@@H](Oc2cc(-c3coc(NC4CC4)n3)nc3c(Cl)c(OCCOC)ccc23)CN1C(=O)C(CC(=O)OC1C[C@@H]2C[C@@H]2C1)C(C)(C)C)C(=O)O. The molecule has 2 aromatic heterocycles. The number of likely N-dealkylation sites (tertiary alicyclic amines) is 1. The lowest BCUT2D eigenvalue weighted by Gasteiger charge is -2.35. The maximum atomic E-state index is 14.8. The Labute approximate surface area is 348 Å². The number of pyridine rings is 1. The van der Waals surface area contributed by atoms with Crippen LogP contribution in [0.3, 0.4) is 0 Å². The number of allylic oxidation sites excluding steroid dienone is 1. The Hall–Kier alpha value is -4.69. The van der Waals surface area contributed by atoms with Crippen molar-refractivity contribution in [1.29, 1.82) is 0 Å². The second kappa shape index (κ2) is 16.1. The van der Waals surface area contributed by atoms with Crippen molar-refractivity contribution in [2.75, 3.05) is 32.2 Å². The van der Waals surface area contributed by atoms with Gasteiger partial charge in [-0.3, -0.25) is 19.2 Å². The van der Waals surface area contributed by atoms with Crippen molar-refractivity contribution in [1.82, 2.24) is 14.9 Å². The maximum absolute atomic E-state index is 14.8. The number of fused-ring (bicyclic) bond motifs is 2. The molecule has 1 aliphatic heterocycles. The smallest absolute Gasteiger partial charge is 0.310 e. The van der Waals surface area contributed by atoms with Crippen molar-refractivity contribution in [2.24, 2.45) is 34.5 Å². The summed E-state index contributed by atoms with van der Waals surface area (Å²) >= 11 is 6.95. The van der Waals surface area contributed by atoms with Crippen LogP contribution in [0.4, 0.5) is 6.01 Å². The van der Waals surface area contributed by atoms with E-state index in [1.54, 1.807) is 31.4 Å². The van der Waals surface area contributed by atoms with Gasteiger partial charge in [-0.1, -0.05) is 38.4 Å². The summed E-state index contributed by atoms with van der Waals surface area (Å²) in [5, 5.41) is 14.3. The van der Waals surface area contributed by atoms with Gasteiger partial charge in [-0.2, -0.15) is 4.98 Å². The Morgan fingerprint density at radius 1 is 1.07 bits per heavy atom. The molecule has 316 valence electrons. The monoisotopic (exact) mass is 832 g/mol. The molecule has 2 unspecified atom stereocenters. The number of carbonyl (C=O) groups excluding carboxylic acids is 3. The third-order valence-corrected chi connectivity index (χ3v) is 13.2. The number of carboxylic acids is 1. The maximum Gasteiger partial charge on any atom is 0.310 e. The third kappa shape index (κ3) is 8.66. The van der Waals surface area contributed by atoms with Gasteiger partial charge in [0.05, 0.1) is 48.2 Å². The molecule has 15 heteroatoms. The predicted molar refractivity (Wildman–Crippen MR) is 217 cm³/mol. The molecule has 3 aromatic rings. The zero-order chi connectivity index (χ0) is 41.8. The molecule has 14 nitrogen and oxygen atoms in total. The molecule has 59 heavy (non-hydrogen) atoms. The Bertz CT molecular complexity index is 2140. The molecule has 8 atom stereocenters. The molecule has 5 fully saturated rings. The number of ether oxygens (including phenoxy) is 4. The number of anilines is 1. The van der Waals surface area contributed by atoms with Crippen molar-refractivity contribution in [3.8, 4) is 22.9 Å². The fraction of sp³-hybridized carbons (Fsp3) is 0.591. The first-order chi connectivity index (χ1) is 28.2. The number of amides is 1. The largest absolute Gasteiger partial charge is 0.490 e. The lowest BCUT2D eigenvalue weighted by Crippen LogP contribution is -2.48. The molecule has 0 bridgehead atoms. The zero-order valence-corrected chi connectivity index (χ0v) is 34.8. The summed E-state index contributed by atoms with van der Waals surface area (Å²) in [6.45, 7) is 10.1. The minimum atomic E-state index is -1.28. The summed E-state index contributed by atoms with van der Waals surface area (Å²) in [6, 6.07) is 4.91. The first-order valence-electron chi connectivity index (χ1n) is 20.7. The van der Waals surface area contributed by atoms with Crippen molar-refractivity contribution in [3.63, 3.8) is 0 Å². The number of halogens is 1. The third-order valence-electron chi connectivity index (χ3n) is 12.8. The highest BCUT2D eigenvalue weighted by Gasteiger charge is 2.61. The molecule has 4 aliphatic carbocycles. The van der Waals surface area contributed by atoms with Gasteiger partial charge in [0.25, 0.3) is 6.01 Å². The van der Waals surface area contributed by atoms with E-state index in [0.717, 1.165) is 25.7 Å². The van der Waals surface area contributed by atoms with Crippen LogP contribution in [0.5, 0.6) is 11.5 Å². The fourth-order valence-electron chi connectivity index (χ4n) is 8.97. The second-order valence-electron chi connectivity index (χ2n) is 18.2. The number of esters is 1. The molecule has 1 aromatic carbocycles. The quantitative estimate of drug-likeness (QED) is 0.0753. The number of Topliss-reactive ketones (excluding diaryl/α,β-unsaturated/α-hetero) is 1. The van der Waals surface area contributed by atoms with Crippen LogP contribution in [-0.4, -0.2) is 94.8 Å². The molecule has 4 saturated carbocycles. The van der Waals surface area contributed by atoms with Crippen LogP contribution in [0.15, 0.2) is 41.5 Å². The Morgan fingerprint density at radius 2 is 1.83 bits per heavy atom. The van der Waals surface area contributed by atoms with E-state index in [2.05, 4.69) is 16.9 Å². The normalized spacial score (nSPS) is 27.5. The number of hydrogen-bond donors (Lipinski definition) is 2. The van der Waals surface area contributed by atoms with Crippen LogP contribution < -0.4 is 14.8 Å². The summed E-state index contributed by atoms with van der Waals surface area (Å²) in [4.78, 5) is 66.0. The van der Waals surface area contributed by atoms with Crippen LogP contribution in [0.2, 0.25) is 5.02 Å². The highest BCUT2D eigenvalue weighted by Crippen LogP contribution is 2.57. The molecule has 3 heterocycles. The summed E-state index contributed by atoms with van der Waals surface area (Å²) in [5.74, 6) is -1.41. The van der Waals surface area contributed by atoms with Gasteiger partial charge in [-0.25, -0.2) is 4.98 Å². The van der Waals surface area contributed by atoms with Gasteiger partial charge in [0.2, 0.25) is 5.91 Å². The number of aromatic nitrogens is 2. The summed E-state index contributed by atoms with van der Waals surface area (Å²) < 4.78 is 29.4. The number of carbonyl (C=O) groups is 4. The van der Waals surface area contributed by atoms with Gasteiger partial charge in [-0.05, 0) is 73.8 Å². The minimum Gasteiger partial charge on any atom is -0.490 e. The van der Waals surface area contributed by atoms with E-state index in [0.29, 0.717) is 70.7 Å². The van der Waals surface area contributed by atoms with E-state index >= 15 is 0 Å². The number of benzene rings is 1. The molecule has 8 rings (SSSR count). The Morgan fingerprint density at radius 3 is 2.49 bits per heavy atom. The van der Waals surface area contributed by atoms with Gasteiger partial charge in [0, 0.05) is 37.4 Å². The van der Waals surface area contributed by atoms with Crippen LogP contribution >= 0.6 is 11.6 Å². The van der Waals surface area contributed by atoms with Gasteiger partial charge >= 0.3 is 11.9 Å².